The predicted octanol–water partition coefficient (Wildman–Crippen LogP) is 5.06. The molecule has 1 heterocycles. The lowest BCUT2D eigenvalue weighted by Gasteiger charge is -2.08. The normalized spacial score (nSPS) is 11.8. The molecule has 3 rings (SSSR count). The van der Waals surface area contributed by atoms with Crippen molar-refractivity contribution >= 4 is 16.7 Å². The molecule has 21 heavy (non-hydrogen) atoms. The maximum Gasteiger partial charge on any atom is 0.416 e. The highest BCUT2D eigenvalue weighted by atomic mass is 19.4. The molecule has 0 bridgehead atoms. The Morgan fingerprint density at radius 1 is 0.952 bits per heavy atom. The zero-order valence-electron chi connectivity index (χ0n) is 10.9. The third kappa shape index (κ3) is 3.02. The zero-order chi connectivity index (χ0) is 14.9. The number of nitrogens with one attached hydrogen (secondary N) is 1. The zero-order valence-corrected chi connectivity index (χ0v) is 10.9. The van der Waals surface area contributed by atoms with E-state index in [-0.39, 0.29) is 0 Å². The number of fused-ring (bicyclic) bond motifs is 1. The second-order valence-corrected chi connectivity index (χ2v) is 4.68. The van der Waals surface area contributed by atoms with E-state index in [9.17, 15) is 13.2 Å². The summed E-state index contributed by atoms with van der Waals surface area (Å²) in [5.41, 5.74) is 0.752. The molecule has 0 aliphatic carbocycles. The van der Waals surface area contributed by atoms with Crippen molar-refractivity contribution in [1.29, 1.82) is 0 Å². The molecule has 2 aromatic carbocycles. The first-order valence-electron chi connectivity index (χ1n) is 6.41. The first kappa shape index (κ1) is 13.5. The van der Waals surface area contributed by atoms with Crippen LogP contribution >= 0.6 is 0 Å². The summed E-state index contributed by atoms with van der Waals surface area (Å²) in [7, 11) is 0. The smallest absolute Gasteiger partial charge is 0.416 e. The van der Waals surface area contributed by atoms with Crippen LogP contribution in [0.3, 0.4) is 0 Å². The van der Waals surface area contributed by atoms with Crippen molar-refractivity contribution in [2.24, 2.45) is 0 Å². The highest BCUT2D eigenvalue weighted by Gasteiger charge is 2.29. The highest BCUT2D eigenvalue weighted by Crippen LogP contribution is 2.30. The summed E-state index contributed by atoms with van der Waals surface area (Å²) >= 11 is 0. The number of furan rings is 1. The molecule has 0 aliphatic heterocycles. The number of benzene rings is 2. The summed E-state index contributed by atoms with van der Waals surface area (Å²) in [6, 6.07) is 14.5. The number of hydrogen-bond acceptors (Lipinski definition) is 2. The van der Waals surface area contributed by atoms with Crippen LogP contribution in [0.4, 0.5) is 18.9 Å². The Morgan fingerprint density at radius 2 is 1.67 bits per heavy atom. The van der Waals surface area contributed by atoms with Crippen LogP contribution in [0.15, 0.2) is 59.0 Å². The quantitative estimate of drug-likeness (QED) is 0.729. The van der Waals surface area contributed by atoms with Crippen molar-refractivity contribution in [3.05, 3.63) is 65.9 Å². The fraction of sp³-hybridized carbons (Fsp3) is 0.125. The van der Waals surface area contributed by atoms with Gasteiger partial charge in [0.15, 0.2) is 0 Å². The molecular weight excluding hydrogens is 279 g/mol. The fourth-order valence-corrected chi connectivity index (χ4v) is 2.09. The van der Waals surface area contributed by atoms with Gasteiger partial charge < -0.3 is 9.73 Å². The average molecular weight is 291 g/mol. The van der Waals surface area contributed by atoms with Crippen molar-refractivity contribution in [1.82, 2.24) is 0 Å². The molecule has 108 valence electrons. The first-order chi connectivity index (χ1) is 10.0. The average Bonchev–Trinajstić information content (AvgIpc) is 2.87. The van der Waals surface area contributed by atoms with Gasteiger partial charge in [-0.15, -0.1) is 0 Å². The highest BCUT2D eigenvalue weighted by molar-refractivity contribution is 5.77. The number of hydrogen-bond donors (Lipinski definition) is 1. The van der Waals surface area contributed by atoms with Crippen LogP contribution in [0.25, 0.3) is 11.0 Å². The molecule has 0 fully saturated rings. The van der Waals surface area contributed by atoms with Gasteiger partial charge in [0.1, 0.15) is 11.3 Å². The van der Waals surface area contributed by atoms with Crippen LogP contribution in [-0.2, 0) is 12.7 Å². The summed E-state index contributed by atoms with van der Waals surface area (Å²) in [6.07, 6.45) is -4.31. The second-order valence-electron chi connectivity index (χ2n) is 4.68. The van der Waals surface area contributed by atoms with Gasteiger partial charge in [0, 0.05) is 11.1 Å². The number of para-hydroxylation sites is 1. The van der Waals surface area contributed by atoms with Crippen LogP contribution < -0.4 is 5.32 Å². The van der Waals surface area contributed by atoms with E-state index in [1.165, 1.54) is 12.1 Å². The van der Waals surface area contributed by atoms with E-state index in [2.05, 4.69) is 5.32 Å². The van der Waals surface area contributed by atoms with Crippen LogP contribution in [0.5, 0.6) is 0 Å². The monoisotopic (exact) mass is 291 g/mol. The standard InChI is InChI=1S/C16H12F3NO/c17-16(18,19)12-5-7-13(8-6-12)20-10-14-9-11-3-1-2-4-15(11)21-14/h1-9,20H,10H2. The lowest BCUT2D eigenvalue weighted by atomic mass is 10.2. The molecule has 3 aromatic rings. The molecule has 1 N–H and O–H groups in total. The second kappa shape index (κ2) is 5.16. The molecule has 0 saturated carbocycles. The summed E-state index contributed by atoms with van der Waals surface area (Å²) in [4.78, 5) is 0. The number of halogens is 3. The Bertz CT molecular complexity index is 711. The number of alkyl halides is 3. The van der Waals surface area contributed by atoms with Gasteiger partial charge in [-0.1, -0.05) is 18.2 Å². The van der Waals surface area contributed by atoms with Crippen molar-refractivity contribution in [2.45, 2.75) is 12.7 Å². The Balaban J connectivity index is 1.69. The van der Waals surface area contributed by atoms with Gasteiger partial charge >= 0.3 is 6.18 Å². The van der Waals surface area contributed by atoms with E-state index in [1.54, 1.807) is 0 Å². The van der Waals surface area contributed by atoms with Gasteiger partial charge in [-0.05, 0) is 36.4 Å². The minimum Gasteiger partial charge on any atom is -0.459 e. The predicted molar refractivity (Wildman–Crippen MR) is 75.0 cm³/mol. The van der Waals surface area contributed by atoms with Crippen molar-refractivity contribution < 1.29 is 17.6 Å². The van der Waals surface area contributed by atoms with Crippen molar-refractivity contribution in [2.75, 3.05) is 5.32 Å². The topological polar surface area (TPSA) is 25.2 Å². The third-order valence-corrected chi connectivity index (χ3v) is 3.16. The first-order valence-corrected chi connectivity index (χ1v) is 6.41. The van der Waals surface area contributed by atoms with Crippen LogP contribution in [0.1, 0.15) is 11.3 Å². The van der Waals surface area contributed by atoms with Gasteiger partial charge in [0.25, 0.3) is 0 Å². The van der Waals surface area contributed by atoms with Crippen LogP contribution in [0, 0.1) is 0 Å². The molecule has 1 aromatic heterocycles. The molecule has 0 radical (unpaired) electrons. The van der Waals surface area contributed by atoms with E-state index < -0.39 is 11.7 Å². The molecule has 5 heteroatoms. The Labute approximate surface area is 119 Å². The van der Waals surface area contributed by atoms with Crippen LogP contribution in [0.2, 0.25) is 0 Å². The molecule has 0 atom stereocenters. The largest absolute Gasteiger partial charge is 0.459 e. The Morgan fingerprint density at radius 3 is 2.33 bits per heavy atom. The molecular formula is C16H12F3NO. The SMILES string of the molecule is FC(F)(F)c1ccc(NCc2cc3ccccc3o2)cc1. The lowest BCUT2D eigenvalue weighted by Crippen LogP contribution is -2.05. The minimum absolute atomic E-state index is 0.417. The van der Waals surface area contributed by atoms with E-state index >= 15 is 0 Å². The Kier molecular flexibility index (Phi) is 3.33. The van der Waals surface area contributed by atoms with E-state index in [4.69, 9.17) is 4.42 Å². The van der Waals surface area contributed by atoms with Gasteiger partial charge in [-0.25, -0.2) is 0 Å². The summed E-state index contributed by atoms with van der Waals surface area (Å²) in [5, 5.41) is 4.04. The lowest BCUT2D eigenvalue weighted by molar-refractivity contribution is -0.137. The van der Waals surface area contributed by atoms with Gasteiger partial charge in [-0.3, -0.25) is 0 Å². The van der Waals surface area contributed by atoms with E-state index in [0.29, 0.717) is 12.2 Å². The molecule has 2 nitrogen and oxygen atoms in total. The minimum atomic E-state index is -4.31. The molecule has 0 spiro atoms. The van der Waals surface area contributed by atoms with Gasteiger partial charge in [0.05, 0.1) is 12.1 Å². The van der Waals surface area contributed by atoms with Crippen LogP contribution in [-0.4, -0.2) is 0 Å². The summed E-state index contributed by atoms with van der Waals surface area (Å²) in [5.74, 6) is 0.732. The molecule has 0 aliphatic rings. The van der Waals surface area contributed by atoms with Gasteiger partial charge in [0.2, 0.25) is 0 Å². The molecule has 0 unspecified atom stereocenters. The summed E-state index contributed by atoms with van der Waals surface area (Å²) < 4.78 is 43.0. The van der Waals surface area contributed by atoms with Crippen molar-refractivity contribution in [3.8, 4) is 0 Å². The maximum absolute atomic E-state index is 12.5. The molecule has 0 amide bonds. The van der Waals surface area contributed by atoms with Crippen molar-refractivity contribution in [3.63, 3.8) is 0 Å². The van der Waals surface area contributed by atoms with E-state index in [0.717, 1.165) is 28.9 Å². The van der Waals surface area contributed by atoms with Gasteiger partial charge in [-0.2, -0.15) is 13.2 Å². The Hall–Kier alpha value is -2.43. The third-order valence-electron chi connectivity index (χ3n) is 3.16. The fourth-order valence-electron chi connectivity index (χ4n) is 2.09. The maximum atomic E-state index is 12.5. The summed E-state index contributed by atoms with van der Waals surface area (Å²) in [6.45, 7) is 0.417. The number of rotatable bonds is 3. The van der Waals surface area contributed by atoms with E-state index in [1.807, 2.05) is 30.3 Å². The number of anilines is 1. The molecule has 0 saturated heterocycles.